The quantitative estimate of drug-likeness (QED) is 0.756. The first kappa shape index (κ1) is 15.0. The molecule has 0 amide bonds. The molecule has 1 aromatic heterocycles. The third-order valence-electron chi connectivity index (χ3n) is 2.40. The fourth-order valence-electron chi connectivity index (χ4n) is 1.47. The molecule has 0 aliphatic heterocycles. The van der Waals surface area contributed by atoms with Crippen LogP contribution in [0.15, 0.2) is 28.9 Å². The number of anilines is 2. The van der Waals surface area contributed by atoms with Crippen molar-refractivity contribution >= 4 is 56.5 Å². The van der Waals surface area contributed by atoms with Crippen molar-refractivity contribution in [2.24, 2.45) is 0 Å². The Kier molecular flexibility index (Phi) is 4.47. The highest BCUT2D eigenvalue weighted by atomic mass is 79.9. The molecule has 2 aromatic rings. The highest BCUT2D eigenvalue weighted by molar-refractivity contribution is 9.10. The van der Waals surface area contributed by atoms with Crippen LogP contribution in [0.5, 0.6) is 0 Å². The van der Waals surface area contributed by atoms with E-state index < -0.39 is 16.9 Å². The van der Waals surface area contributed by atoms with Crippen molar-refractivity contribution in [1.29, 1.82) is 0 Å². The summed E-state index contributed by atoms with van der Waals surface area (Å²) in [5.41, 5.74) is -0.286. The molecule has 2 rings (SSSR count). The lowest BCUT2D eigenvalue weighted by Gasteiger charge is -2.12. The number of carboxylic acid groups (broad SMARTS) is 1. The first-order valence-electron chi connectivity index (χ1n) is 5.19. The molecular weight excluding hydrogens is 374 g/mol. The number of nitrogens with one attached hydrogen (secondary N) is 1. The number of rotatable bonds is 3. The summed E-state index contributed by atoms with van der Waals surface area (Å²) in [6.45, 7) is 0. The van der Waals surface area contributed by atoms with Gasteiger partial charge in [0.15, 0.2) is 11.0 Å². The fourth-order valence-corrected chi connectivity index (χ4v) is 2.34. The van der Waals surface area contributed by atoms with E-state index in [0.717, 1.165) is 10.7 Å². The Hall–Kier alpha value is -1.37. The molecule has 0 radical (unpaired) electrons. The maximum Gasteiger partial charge on any atom is 0.339 e. The summed E-state index contributed by atoms with van der Waals surface area (Å²) < 4.78 is 14.7. The summed E-state index contributed by atoms with van der Waals surface area (Å²) >= 11 is 14.8. The van der Waals surface area contributed by atoms with Gasteiger partial charge in [-0.1, -0.05) is 39.1 Å². The fraction of sp³-hybridized carbons (Fsp3) is 0. The van der Waals surface area contributed by atoms with Crippen molar-refractivity contribution in [2.75, 3.05) is 5.32 Å². The first-order chi connectivity index (χ1) is 9.40. The Bertz CT molecular complexity index is 697. The van der Waals surface area contributed by atoms with Crippen molar-refractivity contribution in [3.8, 4) is 0 Å². The van der Waals surface area contributed by atoms with Crippen molar-refractivity contribution in [2.45, 2.75) is 0 Å². The van der Waals surface area contributed by atoms with Crippen LogP contribution in [-0.4, -0.2) is 16.1 Å². The van der Waals surface area contributed by atoms with Gasteiger partial charge < -0.3 is 10.4 Å². The van der Waals surface area contributed by atoms with Crippen molar-refractivity contribution < 1.29 is 14.3 Å². The van der Waals surface area contributed by atoms with Crippen LogP contribution in [-0.2, 0) is 0 Å². The van der Waals surface area contributed by atoms with Gasteiger partial charge in [0.25, 0.3) is 0 Å². The number of halogens is 4. The van der Waals surface area contributed by atoms with Crippen LogP contribution >= 0.6 is 39.1 Å². The number of carbonyl (C=O) groups is 1. The molecule has 0 bridgehead atoms. The summed E-state index contributed by atoms with van der Waals surface area (Å²) in [6, 6.07) is 4.84. The monoisotopic (exact) mass is 378 g/mol. The lowest BCUT2D eigenvalue weighted by atomic mass is 10.2. The van der Waals surface area contributed by atoms with Gasteiger partial charge in [0.2, 0.25) is 0 Å². The van der Waals surface area contributed by atoms with Crippen LogP contribution < -0.4 is 5.32 Å². The highest BCUT2D eigenvalue weighted by Crippen LogP contribution is 2.32. The minimum Gasteiger partial charge on any atom is -0.478 e. The second kappa shape index (κ2) is 5.95. The second-order valence-electron chi connectivity index (χ2n) is 3.71. The van der Waals surface area contributed by atoms with E-state index in [1.807, 2.05) is 0 Å². The molecular formula is C12H6BrCl2FN2O2. The molecule has 1 aromatic carbocycles. The molecule has 4 nitrogen and oxygen atoms in total. The Morgan fingerprint density at radius 2 is 2.10 bits per heavy atom. The Morgan fingerprint density at radius 3 is 2.70 bits per heavy atom. The molecule has 0 saturated carbocycles. The summed E-state index contributed by atoms with van der Waals surface area (Å²) in [5.74, 6) is -2.28. The average Bonchev–Trinajstić information content (AvgIpc) is 2.37. The van der Waals surface area contributed by atoms with Gasteiger partial charge in [-0.2, -0.15) is 0 Å². The maximum absolute atomic E-state index is 13.9. The predicted octanol–water partition coefficient (Wildman–Crippen LogP) is 4.73. The van der Waals surface area contributed by atoms with Gasteiger partial charge in [-0.25, -0.2) is 14.2 Å². The van der Waals surface area contributed by atoms with Gasteiger partial charge in [-0.3, -0.25) is 0 Å². The third-order valence-corrected chi connectivity index (χ3v) is 3.47. The van der Waals surface area contributed by atoms with Crippen LogP contribution in [0.3, 0.4) is 0 Å². The van der Waals surface area contributed by atoms with E-state index in [9.17, 15) is 9.18 Å². The first-order valence-corrected chi connectivity index (χ1v) is 6.74. The van der Waals surface area contributed by atoms with Crippen molar-refractivity contribution in [3.05, 3.63) is 50.4 Å². The smallest absolute Gasteiger partial charge is 0.339 e. The molecule has 8 heteroatoms. The van der Waals surface area contributed by atoms with E-state index in [-0.39, 0.29) is 11.3 Å². The highest BCUT2D eigenvalue weighted by Gasteiger charge is 2.19. The normalized spacial score (nSPS) is 10.4. The molecule has 104 valence electrons. The van der Waals surface area contributed by atoms with E-state index in [0.29, 0.717) is 10.7 Å². The Morgan fingerprint density at radius 1 is 1.40 bits per heavy atom. The van der Waals surface area contributed by atoms with Crippen LogP contribution in [0.4, 0.5) is 15.8 Å². The zero-order valence-corrected chi connectivity index (χ0v) is 12.7. The van der Waals surface area contributed by atoms with Crippen LogP contribution in [0.2, 0.25) is 10.2 Å². The molecule has 2 N–H and O–H groups in total. The number of hydrogen-bond donors (Lipinski definition) is 2. The van der Waals surface area contributed by atoms with Gasteiger partial charge in [-0.15, -0.1) is 0 Å². The number of carboxylic acids is 1. The number of hydrogen-bond acceptors (Lipinski definition) is 3. The van der Waals surface area contributed by atoms with Gasteiger partial charge in [0.1, 0.15) is 5.56 Å². The standard InChI is InChI=1S/C12H6BrCl2FN2O2/c13-5-1-2-8(7(14)3-5)18-10-6(12(19)20)4-17-11(15)9(10)16/h1-4H,(H,17,18)(H,19,20). The van der Waals surface area contributed by atoms with Crippen LogP contribution in [0, 0.1) is 5.82 Å². The molecule has 0 saturated heterocycles. The predicted molar refractivity (Wildman–Crippen MR) is 78.6 cm³/mol. The Balaban J connectivity index is 2.52. The SMILES string of the molecule is O=C(O)c1cnc(Cl)c(F)c1Nc1ccc(Br)cc1Cl. The lowest BCUT2D eigenvalue weighted by molar-refractivity contribution is 0.0697. The van der Waals surface area contributed by atoms with Gasteiger partial charge in [-0.05, 0) is 18.2 Å². The minimum atomic E-state index is -1.33. The molecule has 20 heavy (non-hydrogen) atoms. The zero-order chi connectivity index (χ0) is 14.9. The topological polar surface area (TPSA) is 62.2 Å². The largest absolute Gasteiger partial charge is 0.478 e. The molecule has 0 aliphatic carbocycles. The molecule has 1 heterocycles. The summed E-state index contributed by atoms with van der Waals surface area (Å²) in [6.07, 6.45) is 0.975. The molecule has 0 aliphatic rings. The maximum atomic E-state index is 13.9. The number of aromatic nitrogens is 1. The van der Waals surface area contributed by atoms with Crippen LogP contribution in [0.1, 0.15) is 10.4 Å². The summed E-state index contributed by atoms with van der Waals surface area (Å²) in [4.78, 5) is 14.6. The Labute approximate surface area is 131 Å². The van der Waals surface area contributed by atoms with E-state index in [1.165, 1.54) is 0 Å². The summed E-state index contributed by atoms with van der Waals surface area (Å²) in [7, 11) is 0. The second-order valence-corrected chi connectivity index (χ2v) is 5.39. The molecule has 0 spiro atoms. The zero-order valence-electron chi connectivity index (χ0n) is 9.62. The number of benzene rings is 1. The average molecular weight is 380 g/mol. The van der Waals surface area contributed by atoms with Gasteiger partial charge in [0.05, 0.1) is 16.4 Å². The number of nitrogens with zero attached hydrogens (tertiary/aromatic N) is 1. The van der Waals surface area contributed by atoms with Crippen molar-refractivity contribution in [3.63, 3.8) is 0 Å². The molecule has 0 fully saturated rings. The van der Waals surface area contributed by atoms with Gasteiger partial charge in [0, 0.05) is 10.7 Å². The third kappa shape index (κ3) is 3.03. The molecule has 0 unspecified atom stereocenters. The van der Waals surface area contributed by atoms with E-state index >= 15 is 0 Å². The van der Waals surface area contributed by atoms with Crippen LogP contribution in [0.25, 0.3) is 0 Å². The van der Waals surface area contributed by atoms with Crippen molar-refractivity contribution in [1.82, 2.24) is 4.98 Å². The van der Waals surface area contributed by atoms with E-state index in [1.54, 1.807) is 18.2 Å². The summed E-state index contributed by atoms with van der Waals surface area (Å²) in [5, 5.41) is 11.5. The number of aromatic carboxylic acids is 1. The van der Waals surface area contributed by atoms with E-state index in [4.69, 9.17) is 28.3 Å². The minimum absolute atomic E-state index is 0.290. The number of pyridine rings is 1. The molecule has 0 atom stereocenters. The van der Waals surface area contributed by atoms with E-state index in [2.05, 4.69) is 26.2 Å². The lowest BCUT2D eigenvalue weighted by Crippen LogP contribution is -2.07. The van der Waals surface area contributed by atoms with Gasteiger partial charge >= 0.3 is 5.97 Å².